The Kier molecular flexibility index (Phi) is 7.01. The first kappa shape index (κ1) is 12.0. The summed E-state index contributed by atoms with van der Waals surface area (Å²) in [6.07, 6.45) is 5.15. The van der Waals surface area contributed by atoms with Crippen LogP contribution < -0.4 is 10.6 Å². The monoisotopic (exact) mass is 200 g/mol. The van der Waals surface area contributed by atoms with Gasteiger partial charge in [-0.25, -0.2) is 0 Å². The highest BCUT2D eigenvalue weighted by Crippen LogP contribution is 2.18. The van der Waals surface area contributed by atoms with Gasteiger partial charge in [0.05, 0.1) is 0 Å². The molecule has 1 aliphatic rings. The van der Waals surface area contributed by atoms with Crippen LogP contribution in [0.25, 0.3) is 0 Å². The second-order valence-corrected chi connectivity index (χ2v) is 3.88. The van der Waals surface area contributed by atoms with Gasteiger partial charge in [0.2, 0.25) is 0 Å². The van der Waals surface area contributed by atoms with Crippen LogP contribution in [0.4, 0.5) is 0 Å². The minimum absolute atomic E-state index is 0.839. The molecule has 0 aromatic heterocycles. The van der Waals surface area contributed by atoms with Crippen molar-refractivity contribution in [1.82, 2.24) is 10.6 Å². The average Bonchev–Trinajstić information content (AvgIpc) is 2.99. The zero-order valence-electron chi connectivity index (χ0n) is 9.35. The van der Waals surface area contributed by atoms with Crippen LogP contribution in [0.15, 0.2) is 0 Å². The fourth-order valence-electron chi connectivity index (χ4n) is 1.38. The Morgan fingerprint density at radius 2 is 1.93 bits per heavy atom. The summed E-state index contributed by atoms with van der Waals surface area (Å²) in [7, 11) is 0. The molecular formula is C11H24N2O. The van der Waals surface area contributed by atoms with E-state index in [1.165, 1.54) is 25.8 Å². The van der Waals surface area contributed by atoms with Crippen molar-refractivity contribution in [1.29, 1.82) is 0 Å². The van der Waals surface area contributed by atoms with Crippen molar-refractivity contribution < 1.29 is 4.74 Å². The first-order valence-electron chi connectivity index (χ1n) is 5.95. The Bertz CT molecular complexity index is 126. The number of hydrogen-bond acceptors (Lipinski definition) is 3. The summed E-state index contributed by atoms with van der Waals surface area (Å²) in [5.41, 5.74) is 0. The van der Waals surface area contributed by atoms with Gasteiger partial charge >= 0.3 is 0 Å². The van der Waals surface area contributed by atoms with Crippen LogP contribution in [0.3, 0.4) is 0 Å². The summed E-state index contributed by atoms with van der Waals surface area (Å²) in [5, 5.41) is 6.92. The molecule has 0 spiro atoms. The fourth-order valence-corrected chi connectivity index (χ4v) is 1.38. The predicted octanol–water partition coefficient (Wildman–Crippen LogP) is 1.14. The molecule has 0 amide bonds. The molecule has 0 bridgehead atoms. The maximum Gasteiger partial charge on any atom is 0.0477 e. The van der Waals surface area contributed by atoms with E-state index in [1.807, 2.05) is 6.92 Å². The van der Waals surface area contributed by atoms with Crippen LogP contribution in [-0.4, -0.2) is 38.9 Å². The Balaban J connectivity index is 1.63. The molecule has 1 saturated carbocycles. The Morgan fingerprint density at radius 1 is 1.14 bits per heavy atom. The van der Waals surface area contributed by atoms with E-state index in [9.17, 15) is 0 Å². The second kappa shape index (κ2) is 8.21. The van der Waals surface area contributed by atoms with Crippen LogP contribution in [0.5, 0.6) is 0 Å². The molecule has 84 valence electrons. The molecule has 0 radical (unpaired) electrons. The normalized spacial score (nSPS) is 16.1. The van der Waals surface area contributed by atoms with Crippen molar-refractivity contribution in [3.8, 4) is 0 Å². The molecule has 3 nitrogen and oxygen atoms in total. The molecule has 0 heterocycles. The topological polar surface area (TPSA) is 33.3 Å². The largest absolute Gasteiger partial charge is 0.382 e. The molecule has 0 aliphatic heterocycles. The van der Waals surface area contributed by atoms with Crippen molar-refractivity contribution in [3.05, 3.63) is 0 Å². The fraction of sp³-hybridized carbons (Fsp3) is 1.00. The Morgan fingerprint density at radius 3 is 2.64 bits per heavy atom. The van der Waals surface area contributed by atoms with Crippen LogP contribution in [-0.2, 0) is 4.74 Å². The van der Waals surface area contributed by atoms with E-state index in [1.54, 1.807) is 0 Å². The van der Waals surface area contributed by atoms with E-state index in [0.717, 1.165) is 38.8 Å². The van der Waals surface area contributed by atoms with Crippen molar-refractivity contribution >= 4 is 0 Å². The molecule has 0 unspecified atom stereocenters. The van der Waals surface area contributed by atoms with Gasteiger partial charge in [-0.1, -0.05) is 0 Å². The highest BCUT2D eigenvalue weighted by Gasteiger charge is 2.19. The highest BCUT2D eigenvalue weighted by atomic mass is 16.5. The maximum atomic E-state index is 5.25. The number of nitrogens with one attached hydrogen (secondary N) is 2. The smallest absolute Gasteiger partial charge is 0.0477 e. The average molecular weight is 200 g/mol. The van der Waals surface area contributed by atoms with E-state index >= 15 is 0 Å². The molecule has 0 aromatic carbocycles. The van der Waals surface area contributed by atoms with E-state index < -0.39 is 0 Å². The quantitative estimate of drug-likeness (QED) is 0.519. The summed E-state index contributed by atoms with van der Waals surface area (Å²) < 4.78 is 5.25. The van der Waals surface area contributed by atoms with Crippen molar-refractivity contribution in [3.63, 3.8) is 0 Å². The standard InChI is InChI=1S/C11H24N2O/c1-2-14-10-4-8-12-7-3-9-13-11-5-6-11/h11-13H,2-10H2,1H3. The van der Waals surface area contributed by atoms with E-state index in [-0.39, 0.29) is 0 Å². The van der Waals surface area contributed by atoms with Crippen molar-refractivity contribution in [2.45, 2.75) is 38.6 Å². The predicted molar refractivity (Wildman–Crippen MR) is 59.6 cm³/mol. The molecule has 1 fully saturated rings. The molecule has 3 heteroatoms. The minimum Gasteiger partial charge on any atom is -0.382 e. The molecule has 1 rings (SSSR count). The van der Waals surface area contributed by atoms with E-state index in [2.05, 4.69) is 10.6 Å². The minimum atomic E-state index is 0.839. The lowest BCUT2D eigenvalue weighted by Gasteiger charge is -2.05. The molecule has 0 atom stereocenters. The van der Waals surface area contributed by atoms with Crippen LogP contribution in [0, 0.1) is 0 Å². The SMILES string of the molecule is CCOCCCNCCCNC1CC1. The third-order valence-electron chi connectivity index (χ3n) is 2.39. The Labute approximate surface area is 87.6 Å². The van der Waals surface area contributed by atoms with Gasteiger partial charge in [-0.15, -0.1) is 0 Å². The summed E-state index contributed by atoms with van der Waals surface area (Å²) in [6, 6.07) is 0.855. The van der Waals surface area contributed by atoms with Gasteiger partial charge in [0.1, 0.15) is 0 Å². The van der Waals surface area contributed by atoms with E-state index in [4.69, 9.17) is 4.74 Å². The summed E-state index contributed by atoms with van der Waals surface area (Å²) in [6.45, 7) is 7.16. The molecule has 2 N–H and O–H groups in total. The van der Waals surface area contributed by atoms with Gasteiger partial charge in [-0.05, 0) is 52.2 Å². The van der Waals surface area contributed by atoms with Gasteiger partial charge in [0.15, 0.2) is 0 Å². The lowest BCUT2D eigenvalue weighted by molar-refractivity contribution is 0.145. The summed E-state index contributed by atoms with van der Waals surface area (Å²) in [5.74, 6) is 0. The first-order valence-corrected chi connectivity index (χ1v) is 5.95. The summed E-state index contributed by atoms with van der Waals surface area (Å²) >= 11 is 0. The van der Waals surface area contributed by atoms with Gasteiger partial charge in [-0.3, -0.25) is 0 Å². The third kappa shape index (κ3) is 7.30. The summed E-state index contributed by atoms with van der Waals surface area (Å²) in [4.78, 5) is 0. The van der Waals surface area contributed by atoms with E-state index in [0.29, 0.717) is 0 Å². The number of ether oxygens (including phenoxy) is 1. The zero-order chi connectivity index (χ0) is 10.1. The van der Waals surface area contributed by atoms with Crippen LogP contribution in [0.1, 0.15) is 32.6 Å². The molecule has 0 saturated heterocycles. The molecule has 14 heavy (non-hydrogen) atoms. The number of rotatable bonds is 10. The zero-order valence-corrected chi connectivity index (χ0v) is 9.35. The Hall–Kier alpha value is -0.120. The van der Waals surface area contributed by atoms with Crippen LogP contribution >= 0.6 is 0 Å². The highest BCUT2D eigenvalue weighted by molar-refractivity contribution is 4.80. The number of hydrogen-bond donors (Lipinski definition) is 2. The first-order chi connectivity index (χ1) is 6.93. The van der Waals surface area contributed by atoms with Gasteiger partial charge in [0.25, 0.3) is 0 Å². The van der Waals surface area contributed by atoms with Gasteiger partial charge < -0.3 is 15.4 Å². The van der Waals surface area contributed by atoms with Crippen LogP contribution in [0.2, 0.25) is 0 Å². The molecule has 0 aromatic rings. The van der Waals surface area contributed by atoms with Crippen molar-refractivity contribution in [2.75, 3.05) is 32.8 Å². The van der Waals surface area contributed by atoms with Crippen molar-refractivity contribution in [2.24, 2.45) is 0 Å². The lowest BCUT2D eigenvalue weighted by atomic mass is 10.4. The van der Waals surface area contributed by atoms with Gasteiger partial charge in [0, 0.05) is 19.3 Å². The maximum absolute atomic E-state index is 5.25. The second-order valence-electron chi connectivity index (χ2n) is 3.88. The lowest BCUT2D eigenvalue weighted by Crippen LogP contribution is -2.24. The molecule has 1 aliphatic carbocycles. The third-order valence-corrected chi connectivity index (χ3v) is 2.39. The van der Waals surface area contributed by atoms with Gasteiger partial charge in [-0.2, -0.15) is 0 Å². The molecular weight excluding hydrogens is 176 g/mol.